The summed E-state index contributed by atoms with van der Waals surface area (Å²) in [5.74, 6) is -0.433. The molecule has 1 aromatic rings. The van der Waals surface area contributed by atoms with Crippen LogP contribution in [-0.2, 0) is 9.47 Å². The highest BCUT2D eigenvalue weighted by Crippen LogP contribution is 2.26. The number of hydrogen-bond donors (Lipinski definition) is 1. The second-order valence-electron chi connectivity index (χ2n) is 5.71. The Morgan fingerprint density at radius 1 is 1.24 bits per heavy atom. The highest BCUT2D eigenvalue weighted by molar-refractivity contribution is 5.20. The molecule has 0 aromatic heterocycles. The molecule has 0 amide bonds. The van der Waals surface area contributed by atoms with Gasteiger partial charge in [-0.2, -0.15) is 0 Å². The first-order valence-electron chi connectivity index (χ1n) is 7.27. The predicted octanol–water partition coefficient (Wildman–Crippen LogP) is 1.84. The van der Waals surface area contributed by atoms with Crippen LogP contribution in [0.3, 0.4) is 0 Å². The van der Waals surface area contributed by atoms with Crippen molar-refractivity contribution in [1.82, 2.24) is 4.90 Å². The third kappa shape index (κ3) is 3.80. The zero-order chi connectivity index (χ0) is 15.4. The topological polar surface area (TPSA) is 41.9 Å². The Kier molecular flexibility index (Phi) is 5.70. The molecule has 4 atom stereocenters. The van der Waals surface area contributed by atoms with E-state index in [1.165, 1.54) is 6.07 Å². The zero-order valence-electron chi connectivity index (χ0n) is 12.8. The van der Waals surface area contributed by atoms with Gasteiger partial charge in [0.1, 0.15) is 5.82 Å². The number of benzene rings is 1. The van der Waals surface area contributed by atoms with Crippen LogP contribution >= 0.6 is 0 Å². The SMILES string of the molecule is COC1CN(CC(C)C(O)c2ccccc2F)CC1OC. The van der Waals surface area contributed by atoms with Gasteiger partial charge in [-0.15, -0.1) is 0 Å². The summed E-state index contributed by atoms with van der Waals surface area (Å²) in [6.45, 7) is 4.14. The van der Waals surface area contributed by atoms with Crippen molar-refractivity contribution in [2.75, 3.05) is 33.9 Å². The maximum Gasteiger partial charge on any atom is 0.129 e. The number of likely N-dealkylation sites (tertiary alicyclic amines) is 1. The summed E-state index contributed by atoms with van der Waals surface area (Å²) in [6.07, 6.45) is -0.714. The van der Waals surface area contributed by atoms with Crippen molar-refractivity contribution in [3.8, 4) is 0 Å². The van der Waals surface area contributed by atoms with E-state index >= 15 is 0 Å². The number of methoxy groups -OCH3 is 2. The van der Waals surface area contributed by atoms with Gasteiger partial charge >= 0.3 is 0 Å². The Hall–Kier alpha value is -1.01. The Morgan fingerprint density at radius 2 is 1.81 bits per heavy atom. The molecule has 0 radical (unpaired) electrons. The highest BCUT2D eigenvalue weighted by Gasteiger charge is 2.34. The van der Waals surface area contributed by atoms with E-state index in [0.717, 1.165) is 13.1 Å². The molecule has 2 rings (SSSR count). The fourth-order valence-electron chi connectivity index (χ4n) is 2.95. The molecule has 4 unspecified atom stereocenters. The lowest BCUT2D eigenvalue weighted by Crippen LogP contribution is -2.30. The Labute approximate surface area is 125 Å². The summed E-state index contributed by atoms with van der Waals surface area (Å²) in [7, 11) is 3.36. The molecule has 0 aliphatic carbocycles. The summed E-state index contributed by atoms with van der Waals surface area (Å²) in [5, 5.41) is 10.3. The fraction of sp³-hybridized carbons (Fsp3) is 0.625. The fourth-order valence-corrected chi connectivity index (χ4v) is 2.95. The first-order valence-corrected chi connectivity index (χ1v) is 7.27. The van der Waals surface area contributed by atoms with Gasteiger partial charge in [0.15, 0.2) is 0 Å². The van der Waals surface area contributed by atoms with Crippen LogP contribution in [0.4, 0.5) is 4.39 Å². The molecule has 0 spiro atoms. The maximum absolute atomic E-state index is 13.7. The molecule has 4 nitrogen and oxygen atoms in total. The normalized spacial score (nSPS) is 26.0. The lowest BCUT2D eigenvalue weighted by Gasteiger charge is -2.25. The van der Waals surface area contributed by atoms with Crippen molar-refractivity contribution in [2.24, 2.45) is 5.92 Å². The largest absolute Gasteiger partial charge is 0.388 e. The van der Waals surface area contributed by atoms with Gasteiger partial charge in [0, 0.05) is 39.4 Å². The van der Waals surface area contributed by atoms with Gasteiger partial charge in [-0.3, -0.25) is 4.90 Å². The molecule has 1 N–H and O–H groups in total. The Bertz CT molecular complexity index is 445. The van der Waals surface area contributed by atoms with E-state index in [2.05, 4.69) is 4.90 Å². The lowest BCUT2D eigenvalue weighted by molar-refractivity contribution is -0.00461. The van der Waals surface area contributed by atoms with Crippen molar-refractivity contribution >= 4 is 0 Å². The minimum absolute atomic E-state index is 0.0489. The van der Waals surface area contributed by atoms with E-state index in [9.17, 15) is 9.50 Å². The van der Waals surface area contributed by atoms with Crippen LogP contribution in [0.5, 0.6) is 0 Å². The minimum Gasteiger partial charge on any atom is -0.388 e. The predicted molar refractivity (Wildman–Crippen MR) is 78.6 cm³/mol. The van der Waals surface area contributed by atoms with E-state index in [-0.39, 0.29) is 23.9 Å². The van der Waals surface area contributed by atoms with Crippen LogP contribution < -0.4 is 0 Å². The molecular formula is C16H24FNO3. The molecule has 1 aliphatic rings. The van der Waals surface area contributed by atoms with Crippen LogP contribution in [-0.4, -0.2) is 56.1 Å². The van der Waals surface area contributed by atoms with Crippen LogP contribution in [0.2, 0.25) is 0 Å². The number of rotatable bonds is 6. The van der Waals surface area contributed by atoms with Gasteiger partial charge in [-0.1, -0.05) is 25.1 Å². The standard InChI is InChI=1S/C16H24FNO3/c1-11(16(19)12-6-4-5-7-13(12)17)8-18-9-14(20-2)15(10-18)21-3/h4-7,11,14-16,19H,8-10H2,1-3H3. The Balaban J connectivity index is 1.96. The van der Waals surface area contributed by atoms with E-state index < -0.39 is 6.10 Å². The molecule has 1 saturated heterocycles. The van der Waals surface area contributed by atoms with Gasteiger partial charge in [-0.05, 0) is 12.0 Å². The maximum atomic E-state index is 13.7. The van der Waals surface area contributed by atoms with Crippen molar-refractivity contribution < 1.29 is 19.0 Å². The smallest absolute Gasteiger partial charge is 0.129 e. The van der Waals surface area contributed by atoms with Crippen molar-refractivity contribution in [2.45, 2.75) is 25.2 Å². The number of aliphatic hydroxyl groups excluding tert-OH is 1. The molecule has 0 saturated carbocycles. The molecule has 1 fully saturated rings. The molecular weight excluding hydrogens is 273 g/mol. The molecule has 1 heterocycles. The van der Waals surface area contributed by atoms with Gasteiger partial charge in [0.2, 0.25) is 0 Å². The average molecular weight is 297 g/mol. The van der Waals surface area contributed by atoms with E-state index in [1.54, 1.807) is 32.4 Å². The zero-order valence-corrected chi connectivity index (χ0v) is 12.8. The van der Waals surface area contributed by atoms with E-state index in [0.29, 0.717) is 12.1 Å². The summed E-state index contributed by atoms with van der Waals surface area (Å²) in [5.41, 5.74) is 0.357. The van der Waals surface area contributed by atoms with Crippen LogP contribution in [0.25, 0.3) is 0 Å². The van der Waals surface area contributed by atoms with Crippen LogP contribution in [0.1, 0.15) is 18.6 Å². The Morgan fingerprint density at radius 3 is 2.33 bits per heavy atom. The first kappa shape index (κ1) is 16.4. The monoisotopic (exact) mass is 297 g/mol. The van der Waals surface area contributed by atoms with Gasteiger partial charge in [-0.25, -0.2) is 4.39 Å². The van der Waals surface area contributed by atoms with E-state index in [1.807, 2.05) is 6.92 Å². The van der Waals surface area contributed by atoms with Gasteiger partial charge in [0.25, 0.3) is 0 Å². The quantitative estimate of drug-likeness (QED) is 0.870. The van der Waals surface area contributed by atoms with Crippen LogP contribution in [0.15, 0.2) is 24.3 Å². The minimum atomic E-state index is -0.811. The van der Waals surface area contributed by atoms with Crippen molar-refractivity contribution in [3.63, 3.8) is 0 Å². The number of aliphatic hydroxyl groups is 1. The molecule has 21 heavy (non-hydrogen) atoms. The van der Waals surface area contributed by atoms with Gasteiger partial charge < -0.3 is 14.6 Å². The van der Waals surface area contributed by atoms with Crippen LogP contribution in [0, 0.1) is 11.7 Å². The second-order valence-corrected chi connectivity index (χ2v) is 5.71. The number of hydrogen-bond acceptors (Lipinski definition) is 4. The molecule has 5 heteroatoms. The lowest BCUT2D eigenvalue weighted by atomic mass is 9.96. The highest BCUT2D eigenvalue weighted by atomic mass is 19.1. The molecule has 0 bridgehead atoms. The summed E-state index contributed by atoms with van der Waals surface area (Å²) in [6, 6.07) is 6.38. The molecule has 118 valence electrons. The average Bonchev–Trinajstić information content (AvgIpc) is 2.89. The number of nitrogens with zero attached hydrogens (tertiary/aromatic N) is 1. The number of halogens is 1. The number of ether oxygens (including phenoxy) is 2. The summed E-state index contributed by atoms with van der Waals surface area (Å²) >= 11 is 0. The van der Waals surface area contributed by atoms with E-state index in [4.69, 9.17) is 9.47 Å². The summed E-state index contributed by atoms with van der Waals surface area (Å²) in [4.78, 5) is 2.19. The molecule has 1 aromatic carbocycles. The molecule has 1 aliphatic heterocycles. The van der Waals surface area contributed by atoms with Crippen molar-refractivity contribution in [3.05, 3.63) is 35.6 Å². The third-order valence-electron chi connectivity index (χ3n) is 4.21. The van der Waals surface area contributed by atoms with Crippen molar-refractivity contribution in [1.29, 1.82) is 0 Å². The summed E-state index contributed by atoms with van der Waals surface area (Å²) < 4.78 is 24.5. The second kappa shape index (κ2) is 7.31. The van der Waals surface area contributed by atoms with Gasteiger partial charge in [0.05, 0.1) is 18.3 Å². The first-order chi connectivity index (χ1) is 10.1. The third-order valence-corrected chi connectivity index (χ3v) is 4.21.